The largest absolute Gasteiger partial charge is 0.369 e. The lowest BCUT2D eigenvalue weighted by molar-refractivity contribution is 0.587. The van der Waals surface area contributed by atoms with Crippen LogP contribution in [-0.2, 0) is 22.3 Å². The molecule has 2 aromatic rings. The minimum atomic E-state index is -3.26. The Morgan fingerprint density at radius 1 is 1.20 bits per heavy atom. The maximum atomic E-state index is 11.6. The zero-order chi connectivity index (χ0) is 21.6. The maximum absolute atomic E-state index is 11.6. The first-order valence-electron chi connectivity index (χ1n) is 9.85. The van der Waals surface area contributed by atoms with E-state index in [0.717, 1.165) is 47.3 Å². The van der Waals surface area contributed by atoms with Crippen molar-refractivity contribution in [3.63, 3.8) is 0 Å². The molecule has 3 rings (SSSR count). The van der Waals surface area contributed by atoms with Gasteiger partial charge in [0.1, 0.15) is 0 Å². The van der Waals surface area contributed by atoms with Gasteiger partial charge in [-0.05, 0) is 42.8 Å². The molecule has 1 unspecified atom stereocenters. The molecular formula is C21H28ClN5O2S. The van der Waals surface area contributed by atoms with Gasteiger partial charge >= 0.3 is 0 Å². The highest BCUT2D eigenvalue weighted by atomic mass is 35.5. The van der Waals surface area contributed by atoms with E-state index in [2.05, 4.69) is 31.3 Å². The number of halogens is 1. The van der Waals surface area contributed by atoms with Crippen molar-refractivity contribution in [2.75, 3.05) is 32.1 Å². The highest BCUT2D eigenvalue weighted by Crippen LogP contribution is 2.23. The Hall–Kier alpha value is -2.29. The molecule has 1 aliphatic heterocycles. The smallest absolute Gasteiger partial charge is 0.215 e. The van der Waals surface area contributed by atoms with E-state index in [1.165, 1.54) is 7.05 Å². The van der Waals surface area contributed by atoms with Crippen LogP contribution in [-0.4, -0.2) is 47.6 Å². The first-order valence-corrected chi connectivity index (χ1v) is 11.9. The molecule has 1 saturated heterocycles. The van der Waals surface area contributed by atoms with Gasteiger partial charge in [-0.1, -0.05) is 41.9 Å². The minimum absolute atomic E-state index is 0.0226. The predicted octanol–water partition coefficient (Wildman–Crippen LogP) is 2.33. The van der Waals surface area contributed by atoms with Crippen LogP contribution in [0.3, 0.4) is 0 Å². The Balaban J connectivity index is 1.49. The molecule has 0 spiro atoms. The molecule has 0 amide bonds. The molecule has 162 valence electrons. The van der Waals surface area contributed by atoms with Gasteiger partial charge in [-0.3, -0.25) is 4.99 Å². The van der Waals surface area contributed by atoms with E-state index >= 15 is 0 Å². The number of hydrogen-bond donors (Lipinski definition) is 3. The maximum Gasteiger partial charge on any atom is 0.215 e. The van der Waals surface area contributed by atoms with Gasteiger partial charge in [-0.2, -0.15) is 0 Å². The molecule has 2 aromatic carbocycles. The average Bonchev–Trinajstić information content (AvgIpc) is 3.20. The summed E-state index contributed by atoms with van der Waals surface area (Å²) in [6, 6.07) is 15.7. The highest BCUT2D eigenvalue weighted by molar-refractivity contribution is 7.88. The van der Waals surface area contributed by atoms with Gasteiger partial charge in [0.05, 0.1) is 5.75 Å². The van der Waals surface area contributed by atoms with Gasteiger partial charge in [0.25, 0.3) is 0 Å². The molecule has 0 saturated carbocycles. The number of rotatable bonds is 7. The first kappa shape index (κ1) is 22.4. The molecule has 1 heterocycles. The third-order valence-corrected chi connectivity index (χ3v) is 6.65. The van der Waals surface area contributed by atoms with E-state index in [1.54, 1.807) is 7.05 Å². The zero-order valence-electron chi connectivity index (χ0n) is 17.2. The number of guanidine groups is 1. The van der Waals surface area contributed by atoms with Crippen molar-refractivity contribution in [3.8, 4) is 0 Å². The molecule has 30 heavy (non-hydrogen) atoms. The summed E-state index contributed by atoms with van der Waals surface area (Å²) in [6.07, 6.45) is 1.02. The summed E-state index contributed by atoms with van der Waals surface area (Å²) in [5, 5.41) is 7.55. The Kier molecular flexibility index (Phi) is 7.58. The van der Waals surface area contributed by atoms with Crippen LogP contribution in [0, 0.1) is 0 Å². The monoisotopic (exact) mass is 449 g/mol. The Bertz CT molecular complexity index is 979. The second-order valence-corrected chi connectivity index (χ2v) is 9.62. The predicted molar refractivity (Wildman–Crippen MR) is 124 cm³/mol. The normalized spacial score (nSPS) is 17.2. The summed E-state index contributed by atoms with van der Waals surface area (Å²) in [7, 11) is -0.0855. The summed E-state index contributed by atoms with van der Waals surface area (Å²) in [5.74, 6) is 0.723. The van der Waals surface area contributed by atoms with Crippen LogP contribution in [0.1, 0.15) is 17.5 Å². The SMILES string of the molecule is CN=C(NCc1ccc(CS(=O)(=O)NC)cc1)NC1CCN(c2cccc(Cl)c2)C1. The lowest BCUT2D eigenvalue weighted by Crippen LogP contribution is -2.44. The number of benzene rings is 2. The number of anilines is 1. The summed E-state index contributed by atoms with van der Waals surface area (Å²) in [6.45, 7) is 2.45. The quantitative estimate of drug-likeness (QED) is 0.446. The van der Waals surface area contributed by atoms with Crippen molar-refractivity contribution in [1.82, 2.24) is 15.4 Å². The van der Waals surface area contributed by atoms with Crippen LogP contribution in [0.2, 0.25) is 5.02 Å². The second kappa shape index (κ2) is 10.1. The summed E-state index contributed by atoms with van der Waals surface area (Å²) in [5.41, 5.74) is 2.94. The Labute approximate surface area is 183 Å². The standard InChI is InChI=1S/C21H28ClN5O2S/c1-23-21(25-13-16-6-8-17(9-7-16)15-30(28,29)24-2)26-19-10-11-27(14-19)20-5-3-4-18(22)12-20/h3-9,12,19,24H,10-11,13-15H2,1-2H3,(H2,23,25,26). The van der Waals surface area contributed by atoms with Gasteiger partial charge in [-0.25, -0.2) is 13.1 Å². The van der Waals surface area contributed by atoms with Gasteiger partial charge < -0.3 is 15.5 Å². The molecule has 1 atom stereocenters. The van der Waals surface area contributed by atoms with E-state index in [0.29, 0.717) is 12.6 Å². The molecule has 0 aromatic heterocycles. The molecule has 1 fully saturated rings. The van der Waals surface area contributed by atoms with Crippen molar-refractivity contribution >= 4 is 33.3 Å². The molecule has 1 aliphatic rings. The van der Waals surface area contributed by atoms with Gasteiger partial charge in [-0.15, -0.1) is 0 Å². The lowest BCUT2D eigenvalue weighted by Gasteiger charge is -2.20. The molecule has 9 heteroatoms. The zero-order valence-corrected chi connectivity index (χ0v) is 18.8. The molecule has 7 nitrogen and oxygen atoms in total. The Morgan fingerprint density at radius 2 is 1.93 bits per heavy atom. The number of hydrogen-bond acceptors (Lipinski definition) is 4. The topological polar surface area (TPSA) is 85.8 Å². The summed E-state index contributed by atoms with van der Waals surface area (Å²) >= 11 is 6.11. The number of nitrogens with zero attached hydrogens (tertiary/aromatic N) is 2. The fourth-order valence-corrected chi connectivity index (χ4v) is 4.36. The number of aliphatic imine (C=N–C) groups is 1. The van der Waals surface area contributed by atoms with E-state index < -0.39 is 10.0 Å². The molecule has 0 radical (unpaired) electrons. The summed E-state index contributed by atoms with van der Waals surface area (Å²) in [4.78, 5) is 6.64. The third kappa shape index (κ3) is 6.35. The van der Waals surface area contributed by atoms with Crippen LogP contribution < -0.4 is 20.3 Å². The molecule has 3 N–H and O–H groups in total. The van der Waals surface area contributed by atoms with Crippen molar-refractivity contribution in [2.45, 2.75) is 24.8 Å². The summed E-state index contributed by atoms with van der Waals surface area (Å²) < 4.78 is 25.6. The van der Waals surface area contributed by atoms with E-state index in [9.17, 15) is 8.42 Å². The van der Waals surface area contributed by atoms with Crippen LogP contribution in [0.25, 0.3) is 0 Å². The average molecular weight is 450 g/mol. The van der Waals surface area contributed by atoms with Crippen molar-refractivity contribution < 1.29 is 8.42 Å². The molecule has 0 bridgehead atoms. The van der Waals surface area contributed by atoms with Crippen molar-refractivity contribution in [1.29, 1.82) is 0 Å². The fraction of sp³-hybridized carbons (Fsp3) is 0.381. The highest BCUT2D eigenvalue weighted by Gasteiger charge is 2.23. The van der Waals surface area contributed by atoms with Crippen molar-refractivity contribution in [3.05, 3.63) is 64.7 Å². The molecular weight excluding hydrogens is 422 g/mol. The van der Waals surface area contributed by atoms with Crippen molar-refractivity contribution in [2.24, 2.45) is 4.99 Å². The van der Waals surface area contributed by atoms with Crippen LogP contribution in [0.5, 0.6) is 0 Å². The van der Waals surface area contributed by atoms with Crippen LogP contribution in [0.4, 0.5) is 5.69 Å². The third-order valence-electron chi connectivity index (χ3n) is 5.08. The number of sulfonamides is 1. The van der Waals surface area contributed by atoms with Crippen LogP contribution in [0.15, 0.2) is 53.5 Å². The Morgan fingerprint density at radius 3 is 2.60 bits per heavy atom. The second-order valence-electron chi connectivity index (χ2n) is 7.26. The van der Waals surface area contributed by atoms with E-state index in [1.807, 2.05) is 42.5 Å². The van der Waals surface area contributed by atoms with Gasteiger partial charge in [0, 0.05) is 43.4 Å². The number of nitrogens with one attached hydrogen (secondary N) is 3. The van der Waals surface area contributed by atoms with Crippen LogP contribution >= 0.6 is 11.6 Å². The van der Waals surface area contributed by atoms with Gasteiger partial charge in [0.15, 0.2) is 5.96 Å². The lowest BCUT2D eigenvalue weighted by atomic mass is 10.1. The fourth-order valence-electron chi connectivity index (χ4n) is 3.40. The molecule has 0 aliphatic carbocycles. The first-order chi connectivity index (χ1) is 14.4. The van der Waals surface area contributed by atoms with Gasteiger partial charge in [0.2, 0.25) is 10.0 Å². The van der Waals surface area contributed by atoms with E-state index in [-0.39, 0.29) is 5.75 Å². The van der Waals surface area contributed by atoms with E-state index in [4.69, 9.17) is 11.6 Å². The minimum Gasteiger partial charge on any atom is -0.369 e.